The maximum absolute atomic E-state index is 14.0. The lowest BCUT2D eigenvalue weighted by Gasteiger charge is -2.31. The second-order valence-electron chi connectivity index (χ2n) is 9.78. The van der Waals surface area contributed by atoms with E-state index in [0.29, 0.717) is 0 Å². The maximum atomic E-state index is 14.0. The molecule has 0 bridgehead atoms. The molecule has 198 valence electrons. The van der Waals surface area contributed by atoms with Gasteiger partial charge in [-0.3, -0.25) is 9.59 Å². The number of ketones is 2. The normalized spacial score (nSPS) is 16.4. The van der Waals surface area contributed by atoms with Gasteiger partial charge in [0.2, 0.25) is 11.6 Å². The molecule has 1 atom stereocenters. The van der Waals surface area contributed by atoms with E-state index in [2.05, 4.69) is 91.5 Å². The predicted molar refractivity (Wildman–Crippen MR) is 175 cm³/mol. The monoisotopic (exact) mass is 566 g/mol. The Kier molecular flexibility index (Phi) is 7.97. The topological polar surface area (TPSA) is 34.1 Å². The molecule has 5 aromatic carbocycles. The zero-order valence-electron chi connectivity index (χ0n) is 22.4. The van der Waals surface area contributed by atoms with E-state index >= 15 is 0 Å². The number of hydrogen-bond acceptors (Lipinski definition) is 2. The van der Waals surface area contributed by atoms with Crippen LogP contribution in [0.15, 0.2) is 152 Å². The summed E-state index contributed by atoms with van der Waals surface area (Å²) in [5, 5.41) is 7.50. The van der Waals surface area contributed by atoms with E-state index in [0.717, 1.165) is 31.9 Å². The standard InChI is InChI=1S/C37H28O2P2/c1-27-15-14-24-34(40(28-16-6-2-7-17-28)29-18-8-3-9-19-29)35(27)32-25-26-33(38)36(39)37(32)41(30-20-10-4-11-21-30)31-22-12-5-13-23-31/h2-26,37H,1H2. The van der Waals surface area contributed by atoms with E-state index in [1.807, 2.05) is 60.7 Å². The quantitative estimate of drug-likeness (QED) is 0.228. The molecule has 1 unspecified atom stereocenters. The molecule has 1 aliphatic carbocycles. The number of benzene rings is 5. The van der Waals surface area contributed by atoms with E-state index in [1.54, 1.807) is 0 Å². The second kappa shape index (κ2) is 12.1. The third-order valence-electron chi connectivity index (χ3n) is 7.21. The summed E-state index contributed by atoms with van der Waals surface area (Å²) >= 11 is 0. The van der Waals surface area contributed by atoms with Gasteiger partial charge in [0.05, 0.1) is 5.66 Å². The zero-order valence-corrected chi connectivity index (χ0v) is 24.2. The van der Waals surface area contributed by atoms with Crippen LogP contribution in [-0.2, 0) is 9.59 Å². The molecule has 0 amide bonds. The van der Waals surface area contributed by atoms with Gasteiger partial charge in [-0.05, 0) is 64.5 Å². The zero-order chi connectivity index (χ0) is 28.2. The summed E-state index contributed by atoms with van der Waals surface area (Å²) in [4.78, 5) is 27.1. The maximum Gasteiger partial charge on any atom is 0.222 e. The van der Waals surface area contributed by atoms with Gasteiger partial charge in [-0.2, -0.15) is 0 Å². The molecule has 0 heterocycles. The molecule has 0 N–H and O–H groups in total. The van der Waals surface area contributed by atoms with Gasteiger partial charge in [-0.15, -0.1) is 0 Å². The van der Waals surface area contributed by atoms with Crippen LogP contribution in [0.1, 0.15) is 0 Å². The molecule has 0 saturated carbocycles. The Morgan fingerprint density at radius 1 is 0.512 bits per heavy atom. The van der Waals surface area contributed by atoms with E-state index in [1.165, 1.54) is 16.7 Å². The molecule has 0 fully saturated rings. The minimum atomic E-state index is -1.23. The molecular formula is C37H28O2P2. The van der Waals surface area contributed by atoms with Crippen molar-refractivity contribution < 1.29 is 9.59 Å². The highest BCUT2D eigenvalue weighted by molar-refractivity contribution is 7.79. The van der Waals surface area contributed by atoms with Crippen LogP contribution in [0.4, 0.5) is 0 Å². The van der Waals surface area contributed by atoms with Crippen LogP contribution in [0.5, 0.6) is 0 Å². The fourth-order valence-corrected chi connectivity index (χ4v) is 10.7. The summed E-state index contributed by atoms with van der Waals surface area (Å²) in [5.41, 5.74) is 0.241. The number of carbonyl (C=O) groups is 2. The Hall–Kier alpha value is -4.22. The van der Waals surface area contributed by atoms with Gasteiger partial charge in [-0.1, -0.05) is 152 Å². The van der Waals surface area contributed by atoms with Gasteiger partial charge in [0.1, 0.15) is 0 Å². The molecule has 0 aromatic heterocycles. The van der Waals surface area contributed by atoms with E-state index in [-0.39, 0.29) is 5.78 Å². The summed E-state index contributed by atoms with van der Waals surface area (Å²) in [6.45, 7) is 4.48. The highest BCUT2D eigenvalue weighted by Gasteiger charge is 2.38. The molecule has 2 nitrogen and oxygen atoms in total. The second-order valence-corrected chi connectivity index (χ2v) is 14.3. The number of hydrogen-bond donors (Lipinski definition) is 0. The van der Waals surface area contributed by atoms with Crippen molar-refractivity contribution in [2.45, 2.75) is 5.66 Å². The first-order chi connectivity index (χ1) is 20.1. The fourth-order valence-electron chi connectivity index (χ4n) is 5.40. The predicted octanol–water partition coefficient (Wildman–Crippen LogP) is 4.22. The van der Waals surface area contributed by atoms with Crippen molar-refractivity contribution in [2.24, 2.45) is 0 Å². The molecule has 5 aromatic rings. The Morgan fingerprint density at radius 2 is 0.976 bits per heavy atom. The molecular weight excluding hydrogens is 538 g/mol. The molecule has 0 radical (unpaired) electrons. The van der Waals surface area contributed by atoms with Crippen LogP contribution in [0.2, 0.25) is 0 Å². The summed E-state index contributed by atoms with van der Waals surface area (Å²) in [6, 6.07) is 47.6. The smallest absolute Gasteiger partial charge is 0.222 e. The van der Waals surface area contributed by atoms with Gasteiger partial charge in [0.25, 0.3) is 0 Å². The molecule has 6 rings (SSSR count). The average Bonchev–Trinajstić information content (AvgIpc) is 3.02. The van der Waals surface area contributed by atoms with Crippen molar-refractivity contribution in [1.29, 1.82) is 0 Å². The average molecular weight is 567 g/mol. The van der Waals surface area contributed by atoms with Crippen molar-refractivity contribution in [3.8, 4) is 0 Å². The van der Waals surface area contributed by atoms with Gasteiger partial charge in [0.15, 0.2) is 0 Å². The Balaban J connectivity index is 1.69. The van der Waals surface area contributed by atoms with Crippen LogP contribution in [0.25, 0.3) is 12.2 Å². The number of rotatable bonds is 6. The van der Waals surface area contributed by atoms with Crippen molar-refractivity contribution in [1.82, 2.24) is 0 Å². The van der Waals surface area contributed by atoms with Crippen LogP contribution < -0.4 is 37.0 Å². The summed E-state index contributed by atoms with van der Waals surface area (Å²) in [7, 11) is -2.19. The highest BCUT2D eigenvalue weighted by atomic mass is 31.1. The van der Waals surface area contributed by atoms with Crippen molar-refractivity contribution >= 4 is 66.1 Å². The Bertz CT molecular complexity index is 1750. The summed E-state index contributed by atoms with van der Waals surface area (Å²) < 4.78 is 0. The molecule has 4 heteroatoms. The van der Waals surface area contributed by atoms with E-state index in [4.69, 9.17) is 0 Å². The van der Waals surface area contributed by atoms with Crippen LogP contribution >= 0.6 is 15.8 Å². The van der Waals surface area contributed by atoms with Crippen molar-refractivity contribution in [2.75, 3.05) is 0 Å². The first-order valence-corrected chi connectivity index (χ1v) is 16.3. The largest absolute Gasteiger partial charge is 0.289 e. The SMILES string of the molecule is C=c1cccc(P(c2ccccc2)c2ccccc2)c1=C1C=CC(=O)C(=O)C1P(c1ccccc1)c1ccccc1. The highest BCUT2D eigenvalue weighted by Crippen LogP contribution is 2.45. The first kappa shape index (κ1) is 27.0. The van der Waals surface area contributed by atoms with E-state index < -0.39 is 27.3 Å². The molecule has 1 aliphatic rings. The number of carbonyl (C=O) groups excluding carboxylic acids is 2. The van der Waals surface area contributed by atoms with Crippen molar-refractivity contribution in [3.63, 3.8) is 0 Å². The summed E-state index contributed by atoms with van der Waals surface area (Å²) in [6.07, 6.45) is 3.33. The van der Waals surface area contributed by atoms with Crippen LogP contribution in [0.3, 0.4) is 0 Å². The third kappa shape index (κ3) is 5.42. The third-order valence-corrected chi connectivity index (χ3v) is 12.4. The molecule has 0 saturated heterocycles. The molecule has 41 heavy (non-hydrogen) atoms. The molecule has 0 spiro atoms. The Morgan fingerprint density at radius 3 is 1.46 bits per heavy atom. The van der Waals surface area contributed by atoms with Crippen LogP contribution in [0, 0.1) is 0 Å². The van der Waals surface area contributed by atoms with Gasteiger partial charge in [-0.25, -0.2) is 0 Å². The Labute approximate surface area is 242 Å². The van der Waals surface area contributed by atoms with E-state index in [9.17, 15) is 9.59 Å². The minimum Gasteiger partial charge on any atom is -0.289 e. The van der Waals surface area contributed by atoms with Gasteiger partial charge in [0, 0.05) is 0 Å². The molecule has 0 aliphatic heterocycles. The summed E-state index contributed by atoms with van der Waals surface area (Å²) in [5.74, 6) is -0.811. The first-order valence-electron chi connectivity index (χ1n) is 13.5. The lowest BCUT2D eigenvalue weighted by Crippen LogP contribution is -2.46. The van der Waals surface area contributed by atoms with Crippen LogP contribution in [-0.4, -0.2) is 17.2 Å². The lowest BCUT2D eigenvalue weighted by molar-refractivity contribution is -0.133. The lowest BCUT2D eigenvalue weighted by atomic mass is 9.96. The minimum absolute atomic E-state index is 0.362. The van der Waals surface area contributed by atoms with Crippen molar-refractivity contribution in [3.05, 3.63) is 162 Å². The fraction of sp³-hybridized carbons (Fsp3) is 0.0270. The van der Waals surface area contributed by atoms with Gasteiger partial charge < -0.3 is 0 Å². The number of Topliss-reactive ketones (excluding diaryl/α,β-unsaturated/α-hetero) is 1. The van der Waals surface area contributed by atoms with Gasteiger partial charge >= 0.3 is 0 Å². The number of allylic oxidation sites excluding steroid dienone is 2.